The number of amides is 1. The number of benzene rings is 1. The van der Waals surface area contributed by atoms with Crippen molar-refractivity contribution in [1.82, 2.24) is 4.98 Å². The Morgan fingerprint density at radius 1 is 1.18 bits per heavy atom. The maximum atomic E-state index is 11.5. The fourth-order valence-electron chi connectivity index (χ4n) is 1.34. The van der Waals surface area contributed by atoms with E-state index >= 15 is 0 Å². The minimum Gasteiger partial charge on any atom is -0.301 e. The molecule has 2 rings (SSSR count). The molecule has 1 N–H and O–H groups in total. The van der Waals surface area contributed by atoms with Gasteiger partial charge >= 0.3 is 11.9 Å². The highest BCUT2D eigenvalue weighted by molar-refractivity contribution is 6.37. The van der Waals surface area contributed by atoms with Crippen LogP contribution in [0, 0.1) is 0 Å². The van der Waals surface area contributed by atoms with E-state index in [-0.39, 0.29) is 5.82 Å². The Kier molecular flexibility index (Phi) is 2.95. The lowest BCUT2D eigenvalue weighted by atomic mass is 10.2. The van der Waals surface area contributed by atoms with E-state index in [1.165, 1.54) is 6.07 Å². The lowest BCUT2D eigenvalue weighted by Crippen LogP contribution is -2.23. The number of hydrogen-bond donors (Lipinski definition) is 1. The molecule has 5 nitrogen and oxygen atoms in total. The van der Waals surface area contributed by atoms with Gasteiger partial charge in [0.1, 0.15) is 5.82 Å². The molecule has 0 aliphatic heterocycles. The Morgan fingerprint density at radius 2 is 1.94 bits per heavy atom. The number of rotatable bonds is 1. The van der Waals surface area contributed by atoms with Crippen molar-refractivity contribution in [2.24, 2.45) is 0 Å². The number of anilines is 1. The monoisotopic (exact) mass is 234 g/mol. The van der Waals surface area contributed by atoms with Crippen LogP contribution in [0.5, 0.6) is 0 Å². The van der Waals surface area contributed by atoms with Crippen molar-refractivity contribution < 1.29 is 19.1 Å². The van der Waals surface area contributed by atoms with E-state index in [0.717, 1.165) is 5.39 Å². The first-order chi connectivity index (χ1) is 8.20. The standard InChI is InChI=1S/C11H7FN2O3/c12-17-11(16)10(15)14-9-6-5-7-3-1-2-4-8(7)13-9/h1-6H,(H,13,14,15). The summed E-state index contributed by atoms with van der Waals surface area (Å²) in [7, 11) is 0. The highest BCUT2D eigenvalue weighted by atomic mass is 19.3. The maximum absolute atomic E-state index is 11.5. The van der Waals surface area contributed by atoms with Crippen molar-refractivity contribution >= 4 is 28.6 Å². The number of aromatic nitrogens is 1. The lowest BCUT2D eigenvalue weighted by Gasteiger charge is -2.02. The third kappa shape index (κ3) is 2.36. The predicted octanol–water partition coefficient (Wildman–Crippen LogP) is 1.60. The Labute approximate surface area is 95.1 Å². The Balaban J connectivity index is 2.25. The minimum absolute atomic E-state index is 0.152. The molecule has 0 saturated heterocycles. The van der Waals surface area contributed by atoms with Crippen LogP contribution in [0.3, 0.4) is 0 Å². The number of nitrogens with zero attached hydrogens (tertiary/aromatic N) is 1. The fourth-order valence-corrected chi connectivity index (χ4v) is 1.34. The maximum Gasteiger partial charge on any atom is 0.436 e. The molecule has 2 aromatic rings. The van der Waals surface area contributed by atoms with Gasteiger partial charge in [0, 0.05) is 9.91 Å². The van der Waals surface area contributed by atoms with Gasteiger partial charge in [-0.25, -0.2) is 14.7 Å². The smallest absolute Gasteiger partial charge is 0.301 e. The summed E-state index contributed by atoms with van der Waals surface area (Å²) in [5.41, 5.74) is 0.652. The Morgan fingerprint density at radius 3 is 2.71 bits per heavy atom. The van der Waals surface area contributed by atoms with Crippen LogP contribution < -0.4 is 5.32 Å². The van der Waals surface area contributed by atoms with Gasteiger partial charge in [0.15, 0.2) is 0 Å². The molecular weight excluding hydrogens is 227 g/mol. The summed E-state index contributed by atoms with van der Waals surface area (Å²) in [5, 5.41) is 3.01. The Hall–Kier alpha value is -2.50. The molecule has 0 spiro atoms. The van der Waals surface area contributed by atoms with Gasteiger partial charge in [0.2, 0.25) is 0 Å². The molecule has 1 aromatic heterocycles. The first-order valence-electron chi connectivity index (χ1n) is 4.70. The second-order valence-corrected chi connectivity index (χ2v) is 3.21. The molecule has 0 atom stereocenters. The van der Waals surface area contributed by atoms with E-state index in [2.05, 4.69) is 15.2 Å². The summed E-state index contributed by atoms with van der Waals surface area (Å²) in [6.07, 6.45) is 0. The normalized spacial score (nSPS) is 9.94. The molecule has 0 bridgehead atoms. The molecule has 0 unspecified atom stereocenters. The highest BCUT2D eigenvalue weighted by Crippen LogP contribution is 2.14. The van der Waals surface area contributed by atoms with E-state index in [4.69, 9.17) is 0 Å². The molecule has 0 aliphatic rings. The second kappa shape index (κ2) is 4.56. The SMILES string of the molecule is O=C(Nc1ccc2ccccc2n1)C(=O)OF. The number of hydrogen-bond acceptors (Lipinski definition) is 4. The highest BCUT2D eigenvalue weighted by Gasteiger charge is 2.16. The summed E-state index contributed by atoms with van der Waals surface area (Å²) in [6, 6.07) is 10.5. The molecule has 86 valence electrons. The van der Waals surface area contributed by atoms with Crippen LogP contribution in [0.4, 0.5) is 10.3 Å². The zero-order valence-electron chi connectivity index (χ0n) is 8.51. The first kappa shape index (κ1) is 11.0. The van der Waals surface area contributed by atoms with E-state index in [1.807, 2.05) is 12.1 Å². The number of para-hydroxylation sites is 1. The van der Waals surface area contributed by atoms with Gasteiger partial charge in [-0.2, -0.15) is 0 Å². The summed E-state index contributed by atoms with van der Waals surface area (Å²) >= 11 is 0. The topological polar surface area (TPSA) is 68.3 Å². The quantitative estimate of drug-likeness (QED) is 0.761. The third-order valence-electron chi connectivity index (χ3n) is 2.10. The predicted molar refractivity (Wildman–Crippen MR) is 57.6 cm³/mol. The lowest BCUT2D eigenvalue weighted by molar-refractivity contribution is -0.185. The van der Waals surface area contributed by atoms with Crippen LogP contribution in [0.1, 0.15) is 0 Å². The Bertz CT molecular complexity index is 586. The van der Waals surface area contributed by atoms with Gasteiger partial charge in [0.25, 0.3) is 0 Å². The number of carbonyl (C=O) groups is 2. The molecule has 0 saturated carbocycles. The average molecular weight is 234 g/mol. The third-order valence-corrected chi connectivity index (χ3v) is 2.10. The van der Waals surface area contributed by atoms with E-state index in [0.29, 0.717) is 5.52 Å². The van der Waals surface area contributed by atoms with E-state index in [1.54, 1.807) is 18.2 Å². The van der Waals surface area contributed by atoms with Crippen LogP contribution in [-0.2, 0) is 14.5 Å². The first-order valence-corrected chi connectivity index (χ1v) is 4.70. The van der Waals surface area contributed by atoms with Crippen molar-refractivity contribution in [1.29, 1.82) is 0 Å². The van der Waals surface area contributed by atoms with Crippen LogP contribution in [0.15, 0.2) is 36.4 Å². The molecule has 0 radical (unpaired) electrons. The molecule has 6 heteroatoms. The van der Waals surface area contributed by atoms with Crippen molar-refractivity contribution in [2.75, 3.05) is 5.32 Å². The van der Waals surface area contributed by atoms with Gasteiger partial charge in [-0.1, -0.05) is 18.2 Å². The summed E-state index contributed by atoms with van der Waals surface area (Å²) in [5.74, 6) is -2.67. The molecule has 0 fully saturated rings. The molecule has 1 aromatic carbocycles. The summed E-state index contributed by atoms with van der Waals surface area (Å²) < 4.78 is 11.5. The zero-order chi connectivity index (χ0) is 12.3. The largest absolute Gasteiger partial charge is 0.436 e. The van der Waals surface area contributed by atoms with E-state index < -0.39 is 11.9 Å². The van der Waals surface area contributed by atoms with Gasteiger partial charge in [-0.05, 0) is 18.2 Å². The van der Waals surface area contributed by atoms with Gasteiger partial charge in [0.05, 0.1) is 5.52 Å². The summed E-state index contributed by atoms with van der Waals surface area (Å²) in [6.45, 7) is 0. The van der Waals surface area contributed by atoms with Crippen molar-refractivity contribution in [3.63, 3.8) is 0 Å². The number of fused-ring (bicyclic) bond motifs is 1. The van der Waals surface area contributed by atoms with Crippen molar-refractivity contribution in [2.45, 2.75) is 0 Å². The fraction of sp³-hybridized carbons (Fsp3) is 0. The summed E-state index contributed by atoms with van der Waals surface area (Å²) in [4.78, 5) is 28.4. The van der Waals surface area contributed by atoms with Crippen LogP contribution in [0.2, 0.25) is 0 Å². The average Bonchev–Trinajstić information content (AvgIpc) is 2.37. The van der Waals surface area contributed by atoms with Crippen LogP contribution in [0.25, 0.3) is 10.9 Å². The molecule has 17 heavy (non-hydrogen) atoms. The molecule has 0 aliphatic carbocycles. The molecule has 1 amide bonds. The van der Waals surface area contributed by atoms with Crippen molar-refractivity contribution in [3.05, 3.63) is 36.4 Å². The zero-order valence-corrected chi connectivity index (χ0v) is 8.51. The number of nitrogens with one attached hydrogen (secondary N) is 1. The second-order valence-electron chi connectivity index (χ2n) is 3.21. The van der Waals surface area contributed by atoms with Gasteiger partial charge in [-0.15, -0.1) is 0 Å². The van der Waals surface area contributed by atoms with Gasteiger partial charge < -0.3 is 5.32 Å². The number of carbonyl (C=O) groups excluding carboxylic acids is 2. The number of pyridine rings is 1. The van der Waals surface area contributed by atoms with E-state index in [9.17, 15) is 14.1 Å². The van der Waals surface area contributed by atoms with Gasteiger partial charge in [-0.3, -0.25) is 4.79 Å². The van der Waals surface area contributed by atoms with Crippen LogP contribution >= 0.6 is 0 Å². The molecule has 1 heterocycles. The van der Waals surface area contributed by atoms with Crippen LogP contribution in [-0.4, -0.2) is 16.9 Å². The number of halogens is 1. The molecular formula is C11H7FN2O3. The minimum atomic E-state index is -1.61. The van der Waals surface area contributed by atoms with Crippen molar-refractivity contribution in [3.8, 4) is 0 Å².